The summed E-state index contributed by atoms with van der Waals surface area (Å²) in [5.74, 6) is -0.0766. The first-order chi connectivity index (χ1) is 14.2. The minimum absolute atomic E-state index is 0.0983. The Morgan fingerprint density at radius 3 is 2.57 bits per heavy atom. The number of halogens is 4. The molecule has 0 unspecified atom stereocenters. The molecular weight excluding hydrogens is 426 g/mol. The van der Waals surface area contributed by atoms with Crippen LogP contribution >= 0.6 is 11.3 Å². The first-order valence-corrected chi connectivity index (χ1v) is 9.48. The fourth-order valence-electron chi connectivity index (χ4n) is 3.05. The lowest BCUT2D eigenvalue weighted by molar-refractivity contribution is 0.0831. The van der Waals surface area contributed by atoms with Gasteiger partial charge in [-0.15, -0.1) is 16.4 Å². The number of alkyl halides is 4. The minimum Gasteiger partial charge on any atom is -0.344 e. The zero-order valence-corrected chi connectivity index (χ0v) is 16.8. The van der Waals surface area contributed by atoms with Crippen molar-refractivity contribution < 1.29 is 22.4 Å². The first-order valence-electron chi connectivity index (χ1n) is 8.66. The number of amides is 1. The van der Waals surface area contributed by atoms with Crippen molar-refractivity contribution in [2.45, 2.75) is 26.3 Å². The predicted molar refractivity (Wildman–Crippen MR) is 100 cm³/mol. The molecule has 0 spiro atoms. The second-order valence-electron chi connectivity index (χ2n) is 6.73. The molecule has 4 rings (SSSR count). The molecule has 0 saturated heterocycles. The van der Waals surface area contributed by atoms with Crippen LogP contribution in [0.1, 0.15) is 45.3 Å². The van der Waals surface area contributed by atoms with Crippen LogP contribution in [-0.2, 0) is 6.54 Å². The van der Waals surface area contributed by atoms with Crippen LogP contribution in [0, 0.1) is 6.92 Å². The molecule has 0 aromatic carbocycles. The Balaban J connectivity index is 1.79. The van der Waals surface area contributed by atoms with Gasteiger partial charge < -0.3 is 4.90 Å². The summed E-state index contributed by atoms with van der Waals surface area (Å²) >= 11 is 1.22. The summed E-state index contributed by atoms with van der Waals surface area (Å²) in [6.07, 6.45) is -4.55. The fourth-order valence-corrected chi connectivity index (χ4v) is 4.21. The number of aromatic nitrogens is 6. The minimum atomic E-state index is -2.98. The van der Waals surface area contributed by atoms with Crippen molar-refractivity contribution >= 4 is 33.1 Å². The number of thiophene rings is 1. The molecule has 4 heterocycles. The van der Waals surface area contributed by atoms with E-state index in [1.807, 2.05) is 0 Å². The van der Waals surface area contributed by atoms with Crippen LogP contribution in [0.2, 0.25) is 0 Å². The molecule has 0 bridgehead atoms. The topological polar surface area (TPSA) is 81.2 Å². The number of carbonyl (C=O) groups excluding carboxylic acids is 1. The molecule has 13 heteroatoms. The Morgan fingerprint density at radius 1 is 1.20 bits per heavy atom. The Morgan fingerprint density at radius 2 is 1.93 bits per heavy atom. The number of nitrogens with zero attached hydrogens (tertiary/aromatic N) is 7. The second kappa shape index (κ2) is 7.31. The molecule has 0 fully saturated rings. The van der Waals surface area contributed by atoms with Crippen molar-refractivity contribution in [3.8, 4) is 0 Å². The zero-order valence-electron chi connectivity index (χ0n) is 16.0. The van der Waals surface area contributed by atoms with Crippen molar-refractivity contribution in [2.75, 3.05) is 14.1 Å². The Kier molecular flexibility index (Phi) is 4.92. The van der Waals surface area contributed by atoms with Crippen LogP contribution < -0.4 is 0 Å². The van der Waals surface area contributed by atoms with E-state index in [4.69, 9.17) is 0 Å². The monoisotopic (exact) mass is 441 g/mol. The lowest BCUT2D eigenvalue weighted by Gasteiger charge is -2.08. The Labute approximate surface area is 170 Å². The average molecular weight is 441 g/mol. The highest BCUT2D eigenvalue weighted by Crippen LogP contribution is 2.32. The zero-order chi connectivity index (χ0) is 21.7. The third-order valence-electron chi connectivity index (χ3n) is 4.48. The van der Waals surface area contributed by atoms with Gasteiger partial charge >= 0.3 is 0 Å². The Bertz CT molecular complexity index is 1260. The normalized spacial score (nSPS) is 12.0. The molecule has 158 valence electrons. The van der Waals surface area contributed by atoms with Crippen LogP contribution in [-0.4, -0.2) is 54.3 Å². The average Bonchev–Trinajstić information content (AvgIpc) is 3.36. The summed E-state index contributed by atoms with van der Waals surface area (Å²) in [5.41, 5.74) is -0.309. The number of aryl methyl sites for hydroxylation is 1. The van der Waals surface area contributed by atoms with Gasteiger partial charge in [0.25, 0.3) is 18.8 Å². The molecule has 0 atom stereocenters. The summed E-state index contributed by atoms with van der Waals surface area (Å²) in [6.45, 7) is 1.45. The molecule has 0 N–H and O–H groups in total. The van der Waals surface area contributed by atoms with E-state index in [1.165, 1.54) is 27.1 Å². The molecule has 0 aliphatic carbocycles. The largest absolute Gasteiger partial charge is 0.344 e. The molecule has 1 amide bonds. The van der Waals surface area contributed by atoms with E-state index in [9.17, 15) is 22.4 Å². The summed E-state index contributed by atoms with van der Waals surface area (Å²) in [5, 5.41) is 8.38. The molecule has 8 nitrogen and oxygen atoms in total. The van der Waals surface area contributed by atoms with Crippen molar-refractivity contribution in [1.82, 2.24) is 34.3 Å². The van der Waals surface area contributed by atoms with Crippen molar-refractivity contribution in [3.63, 3.8) is 0 Å². The summed E-state index contributed by atoms with van der Waals surface area (Å²) < 4.78 is 54.3. The van der Waals surface area contributed by atoms with Crippen LogP contribution in [0.25, 0.3) is 15.9 Å². The van der Waals surface area contributed by atoms with Crippen LogP contribution in [0.15, 0.2) is 12.4 Å². The lowest BCUT2D eigenvalue weighted by Crippen LogP contribution is -2.21. The smallest absolute Gasteiger partial charge is 0.282 e. The maximum atomic E-state index is 13.2. The second-order valence-corrected chi connectivity index (χ2v) is 7.73. The molecule has 30 heavy (non-hydrogen) atoms. The standard InChI is InChI=1S/C17H15F4N7OS/c1-7-11-15-23-10(5-27-9(14(20)21)4-8(24-27)13(18)19)25-28(15)6-22-16(11)30-12(7)17(29)26(2)3/h4,6,13-14H,5H2,1-3H3. The van der Waals surface area contributed by atoms with Gasteiger partial charge in [0, 0.05) is 14.1 Å². The molecule has 0 aliphatic rings. The van der Waals surface area contributed by atoms with Crippen molar-refractivity contribution in [3.05, 3.63) is 40.0 Å². The summed E-state index contributed by atoms with van der Waals surface area (Å²) in [6, 6.07) is 0.674. The highest BCUT2D eigenvalue weighted by Gasteiger charge is 2.24. The van der Waals surface area contributed by atoms with Gasteiger partial charge in [0.05, 0.1) is 10.3 Å². The van der Waals surface area contributed by atoms with Gasteiger partial charge in [0.1, 0.15) is 29.1 Å². The predicted octanol–water partition coefficient (Wildman–Crippen LogP) is 3.47. The molecule has 0 radical (unpaired) electrons. The highest BCUT2D eigenvalue weighted by atomic mass is 32.1. The number of hydrogen-bond donors (Lipinski definition) is 0. The van der Waals surface area contributed by atoms with Gasteiger partial charge in [-0.25, -0.2) is 32.0 Å². The van der Waals surface area contributed by atoms with Crippen molar-refractivity contribution in [1.29, 1.82) is 0 Å². The summed E-state index contributed by atoms with van der Waals surface area (Å²) in [7, 11) is 3.28. The van der Waals surface area contributed by atoms with Crippen LogP contribution in [0.5, 0.6) is 0 Å². The maximum Gasteiger partial charge on any atom is 0.282 e. The third-order valence-corrected chi connectivity index (χ3v) is 5.67. The van der Waals surface area contributed by atoms with E-state index in [2.05, 4.69) is 20.2 Å². The highest BCUT2D eigenvalue weighted by molar-refractivity contribution is 7.20. The number of rotatable bonds is 5. The SMILES string of the molecule is Cc1c(C(=O)N(C)C)sc2ncn3nc(Cn4nc(C(F)F)cc4C(F)F)nc3c12. The van der Waals surface area contributed by atoms with E-state index in [1.54, 1.807) is 21.0 Å². The van der Waals surface area contributed by atoms with E-state index in [-0.39, 0.29) is 18.3 Å². The number of hydrogen-bond acceptors (Lipinski definition) is 6. The molecule has 0 aliphatic heterocycles. The van der Waals surface area contributed by atoms with Gasteiger partial charge in [0.15, 0.2) is 11.5 Å². The van der Waals surface area contributed by atoms with E-state index >= 15 is 0 Å². The van der Waals surface area contributed by atoms with E-state index in [0.717, 1.165) is 4.68 Å². The van der Waals surface area contributed by atoms with Gasteiger partial charge in [-0.1, -0.05) is 0 Å². The van der Waals surface area contributed by atoms with Gasteiger partial charge in [-0.3, -0.25) is 9.48 Å². The first kappa shape index (κ1) is 20.2. The molecule has 0 saturated carbocycles. The Hall–Kier alpha value is -3.09. The van der Waals surface area contributed by atoms with Gasteiger partial charge in [0.2, 0.25) is 0 Å². The van der Waals surface area contributed by atoms with Crippen molar-refractivity contribution in [2.24, 2.45) is 0 Å². The van der Waals surface area contributed by atoms with Gasteiger partial charge in [-0.2, -0.15) is 5.10 Å². The molecular formula is C17H15F4N7OS. The molecule has 4 aromatic rings. The molecule has 4 aromatic heterocycles. The maximum absolute atomic E-state index is 13.2. The summed E-state index contributed by atoms with van der Waals surface area (Å²) in [4.78, 5) is 23.6. The van der Waals surface area contributed by atoms with Gasteiger partial charge in [-0.05, 0) is 18.6 Å². The van der Waals surface area contributed by atoms with E-state index in [0.29, 0.717) is 32.4 Å². The quantitative estimate of drug-likeness (QED) is 0.443. The fraction of sp³-hybridized carbons (Fsp3) is 0.353. The number of fused-ring (bicyclic) bond motifs is 3. The van der Waals surface area contributed by atoms with E-state index < -0.39 is 24.2 Å². The third kappa shape index (κ3) is 3.28. The van der Waals surface area contributed by atoms with Crippen LogP contribution in [0.3, 0.4) is 0 Å². The number of carbonyl (C=O) groups is 1. The van der Waals surface area contributed by atoms with Crippen LogP contribution in [0.4, 0.5) is 17.6 Å². The lowest BCUT2D eigenvalue weighted by atomic mass is 10.2.